The molecule has 0 radical (unpaired) electrons. The van der Waals surface area contributed by atoms with Crippen molar-refractivity contribution in [2.75, 3.05) is 7.05 Å². The summed E-state index contributed by atoms with van der Waals surface area (Å²) in [4.78, 5) is 6.03. The highest BCUT2D eigenvalue weighted by Crippen LogP contribution is 2.31. The van der Waals surface area contributed by atoms with Gasteiger partial charge in [0.15, 0.2) is 0 Å². The standard InChI is InChI=1S/C14H16BrClN2S/c1-4-12-8(2)19-14(18-12)13(17-3)9-5-6-11(16)10(15)7-9/h5-7,13,17H,4H2,1-3H3. The first kappa shape index (κ1) is 15.0. The molecule has 1 aromatic carbocycles. The van der Waals surface area contributed by atoms with Gasteiger partial charge in [-0.1, -0.05) is 24.6 Å². The van der Waals surface area contributed by atoms with E-state index in [2.05, 4.69) is 35.1 Å². The Morgan fingerprint density at radius 2 is 2.21 bits per heavy atom. The van der Waals surface area contributed by atoms with Crippen LogP contribution in [0.3, 0.4) is 0 Å². The number of aryl methyl sites for hydroxylation is 2. The highest BCUT2D eigenvalue weighted by Gasteiger charge is 2.18. The molecule has 0 amide bonds. The van der Waals surface area contributed by atoms with Crippen molar-refractivity contribution in [3.63, 3.8) is 0 Å². The van der Waals surface area contributed by atoms with Gasteiger partial charge in [-0.25, -0.2) is 4.98 Å². The Balaban J connectivity index is 2.40. The van der Waals surface area contributed by atoms with Gasteiger partial charge < -0.3 is 5.32 Å². The summed E-state index contributed by atoms with van der Waals surface area (Å²) in [6.07, 6.45) is 0.975. The van der Waals surface area contributed by atoms with Gasteiger partial charge in [0.05, 0.1) is 16.8 Å². The first-order chi connectivity index (χ1) is 9.06. The normalized spacial score (nSPS) is 12.7. The van der Waals surface area contributed by atoms with Gasteiger partial charge in [-0.3, -0.25) is 0 Å². The van der Waals surface area contributed by atoms with Crippen LogP contribution >= 0.6 is 38.9 Å². The third kappa shape index (κ3) is 3.19. The van der Waals surface area contributed by atoms with Crippen LogP contribution < -0.4 is 5.32 Å². The van der Waals surface area contributed by atoms with Gasteiger partial charge in [0.25, 0.3) is 0 Å². The van der Waals surface area contributed by atoms with Gasteiger partial charge in [-0.2, -0.15) is 0 Å². The second-order valence-electron chi connectivity index (χ2n) is 4.30. The lowest BCUT2D eigenvalue weighted by Gasteiger charge is -2.14. The fourth-order valence-electron chi connectivity index (χ4n) is 2.03. The summed E-state index contributed by atoms with van der Waals surface area (Å²) < 4.78 is 0.913. The molecule has 2 aromatic rings. The van der Waals surface area contributed by atoms with Crippen LogP contribution in [0.25, 0.3) is 0 Å². The summed E-state index contributed by atoms with van der Waals surface area (Å²) in [5.41, 5.74) is 2.35. The lowest BCUT2D eigenvalue weighted by Crippen LogP contribution is -2.17. The van der Waals surface area contributed by atoms with Crippen LogP contribution in [0.15, 0.2) is 22.7 Å². The van der Waals surface area contributed by atoms with Crippen molar-refractivity contribution in [2.45, 2.75) is 26.3 Å². The van der Waals surface area contributed by atoms with Crippen molar-refractivity contribution in [3.05, 3.63) is 48.8 Å². The van der Waals surface area contributed by atoms with Crippen LogP contribution in [0.4, 0.5) is 0 Å². The predicted molar refractivity (Wildman–Crippen MR) is 86.3 cm³/mol. The van der Waals surface area contributed by atoms with Crippen LogP contribution in [0.2, 0.25) is 5.02 Å². The summed E-state index contributed by atoms with van der Waals surface area (Å²) >= 11 is 11.3. The third-order valence-electron chi connectivity index (χ3n) is 3.06. The highest BCUT2D eigenvalue weighted by atomic mass is 79.9. The molecule has 0 aliphatic carbocycles. The smallest absolute Gasteiger partial charge is 0.115 e. The van der Waals surface area contributed by atoms with Crippen LogP contribution in [-0.4, -0.2) is 12.0 Å². The Morgan fingerprint density at radius 3 is 2.74 bits per heavy atom. The summed E-state index contributed by atoms with van der Waals surface area (Å²) in [6.45, 7) is 4.27. The van der Waals surface area contributed by atoms with Crippen molar-refractivity contribution in [1.82, 2.24) is 10.3 Å². The van der Waals surface area contributed by atoms with E-state index in [1.54, 1.807) is 11.3 Å². The number of hydrogen-bond donors (Lipinski definition) is 1. The van der Waals surface area contributed by atoms with Crippen LogP contribution in [0, 0.1) is 6.92 Å². The molecule has 0 aliphatic rings. The monoisotopic (exact) mass is 358 g/mol. The molecule has 1 aromatic heterocycles. The van der Waals surface area contributed by atoms with E-state index < -0.39 is 0 Å². The van der Waals surface area contributed by atoms with Gasteiger partial charge in [-0.15, -0.1) is 11.3 Å². The Morgan fingerprint density at radius 1 is 1.47 bits per heavy atom. The molecule has 1 N–H and O–H groups in total. The summed E-state index contributed by atoms with van der Waals surface area (Å²) in [5.74, 6) is 0. The number of nitrogens with zero attached hydrogens (tertiary/aromatic N) is 1. The Labute approximate surface area is 131 Å². The maximum absolute atomic E-state index is 6.05. The molecule has 2 nitrogen and oxygen atoms in total. The van der Waals surface area contributed by atoms with Gasteiger partial charge >= 0.3 is 0 Å². The second kappa shape index (κ2) is 6.35. The first-order valence-corrected chi connectivity index (χ1v) is 8.14. The van der Waals surface area contributed by atoms with E-state index >= 15 is 0 Å². The molecule has 1 heterocycles. The molecule has 102 valence electrons. The Bertz CT molecular complexity index is 583. The maximum atomic E-state index is 6.05. The largest absolute Gasteiger partial charge is 0.307 e. The number of benzene rings is 1. The van der Waals surface area contributed by atoms with Gasteiger partial charge in [-0.05, 0) is 54.0 Å². The van der Waals surface area contributed by atoms with E-state index in [0.717, 1.165) is 26.5 Å². The van der Waals surface area contributed by atoms with Crippen LogP contribution in [0.5, 0.6) is 0 Å². The highest BCUT2D eigenvalue weighted by molar-refractivity contribution is 9.10. The zero-order chi connectivity index (χ0) is 14.0. The minimum absolute atomic E-state index is 0.109. The number of nitrogens with one attached hydrogen (secondary N) is 1. The number of thiazole rings is 1. The fourth-order valence-corrected chi connectivity index (χ4v) is 3.69. The summed E-state index contributed by atoms with van der Waals surface area (Å²) in [5, 5.41) is 5.16. The Hall–Kier alpha value is -0.420. The SMILES string of the molecule is CCc1nc(C(NC)c2ccc(Cl)c(Br)c2)sc1C. The van der Waals surface area contributed by atoms with Gasteiger partial charge in [0.2, 0.25) is 0 Å². The lowest BCUT2D eigenvalue weighted by molar-refractivity contribution is 0.683. The molecular weight excluding hydrogens is 344 g/mol. The third-order valence-corrected chi connectivity index (χ3v) is 5.35. The van der Waals surface area contributed by atoms with E-state index in [-0.39, 0.29) is 6.04 Å². The molecule has 0 aliphatic heterocycles. The average Bonchev–Trinajstić information content (AvgIpc) is 2.75. The van der Waals surface area contributed by atoms with E-state index in [9.17, 15) is 0 Å². The van der Waals surface area contributed by atoms with Crippen molar-refractivity contribution in [1.29, 1.82) is 0 Å². The molecule has 0 bridgehead atoms. The zero-order valence-corrected chi connectivity index (χ0v) is 14.3. The first-order valence-electron chi connectivity index (χ1n) is 6.15. The predicted octanol–water partition coefficient (Wildman–Crippen LogP) is 4.74. The molecule has 0 saturated carbocycles. The minimum Gasteiger partial charge on any atom is -0.307 e. The Kier molecular flexibility index (Phi) is 5.01. The number of rotatable bonds is 4. The number of aromatic nitrogens is 1. The lowest BCUT2D eigenvalue weighted by atomic mass is 10.1. The molecule has 19 heavy (non-hydrogen) atoms. The van der Waals surface area contributed by atoms with Crippen LogP contribution in [-0.2, 0) is 6.42 Å². The topological polar surface area (TPSA) is 24.9 Å². The van der Waals surface area contributed by atoms with Crippen molar-refractivity contribution >= 4 is 38.9 Å². The van der Waals surface area contributed by atoms with Gasteiger partial charge in [0, 0.05) is 9.35 Å². The second-order valence-corrected chi connectivity index (χ2v) is 6.80. The fraction of sp³-hybridized carbons (Fsp3) is 0.357. The molecule has 1 unspecified atom stereocenters. The van der Waals surface area contributed by atoms with E-state index in [1.807, 2.05) is 25.2 Å². The average molecular weight is 360 g/mol. The number of halogens is 2. The molecular formula is C14H16BrClN2S. The summed E-state index contributed by atoms with van der Waals surface area (Å²) in [6, 6.07) is 6.10. The number of hydrogen-bond acceptors (Lipinski definition) is 3. The van der Waals surface area contributed by atoms with E-state index in [0.29, 0.717) is 0 Å². The summed E-state index contributed by atoms with van der Waals surface area (Å²) in [7, 11) is 1.95. The molecule has 0 saturated heterocycles. The van der Waals surface area contributed by atoms with Crippen molar-refractivity contribution < 1.29 is 0 Å². The molecule has 0 spiro atoms. The van der Waals surface area contributed by atoms with Gasteiger partial charge in [0.1, 0.15) is 5.01 Å². The van der Waals surface area contributed by atoms with Crippen molar-refractivity contribution in [3.8, 4) is 0 Å². The molecule has 0 fully saturated rings. The van der Waals surface area contributed by atoms with E-state index in [4.69, 9.17) is 16.6 Å². The minimum atomic E-state index is 0.109. The van der Waals surface area contributed by atoms with E-state index in [1.165, 1.54) is 10.6 Å². The molecule has 2 rings (SSSR count). The molecule has 1 atom stereocenters. The zero-order valence-electron chi connectivity index (χ0n) is 11.1. The van der Waals surface area contributed by atoms with Crippen molar-refractivity contribution in [2.24, 2.45) is 0 Å². The quantitative estimate of drug-likeness (QED) is 0.853. The molecule has 5 heteroatoms. The van der Waals surface area contributed by atoms with Crippen LogP contribution in [0.1, 0.15) is 34.1 Å². The maximum Gasteiger partial charge on any atom is 0.115 e.